The van der Waals surface area contributed by atoms with Gasteiger partial charge in [0.25, 0.3) is 0 Å². The van der Waals surface area contributed by atoms with Gasteiger partial charge in [0.2, 0.25) is 0 Å². The molecule has 1 heteroatoms. The van der Waals surface area contributed by atoms with Crippen LogP contribution >= 0.6 is 0 Å². The van der Waals surface area contributed by atoms with Crippen LogP contribution in [0.4, 0.5) is 0 Å². The Morgan fingerprint density at radius 2 is 0.947 bits per heavy atom. The minimum absolute atomic E-state index is 0.414. The van der Waals surface area contributed by atoms with Crippen molar-refractivity contribution >= 4 is 14.5 Å². The van der Waals surface area contributed by atoms with Gasteiger partial charge in [-0.3, -0.25) is 0 Å². The van der Waals surface area contributed by atoms with Crippen molar-refractivity contribution in [2.75, 3.05) is 0 Å². The zero-order valence-corrected chi connectivity index (χ0v) is 12.9. The van der Waals surface area contributed by atoms with Crippen molar-refractivity contribution in [1.82, 2.24) is 0 Å². The van der Waals surface area contributed by atoms with E-state index >= 15 is 0 Å². The number of hydrogen-bond donors (Lipinski definition) is 0. The molecule has 2 aromatic carbocycles. The molecule has 0 amide bonds. The van der Waals surface area contributed by atoms with Crippen LogP contribution < -0.4 is 0 Å². The molecule has 0 aliphatic rings. The van der Waals surface area contributed by atoms with Crippen LogP contribution in [-0.2, 0) is 0 Å². The van der Waals surface area contributed by atoms with Gasteiger partial charge < -0.3 is 0 Å². The second-order valence-corrected chi connectivity index (χ2v) is 6.88. The molecule has 0 aliphatic carbocycles. The maximum absolute atomic E-state index is 2.26. The average molecular weight is 311 g/mol. The van der Waals surface area contributed by atoms with Crippen molar-refractivity contribution in [2.45, 2.75) is 13.8 Å². The first kappa shape index (κ1) is 12.5. The summed E-state index contributed by atoms with van der Waals surface area (Å²) in [5, 5.41) is 0. The van der Waals surface area contributed by atoms with Gasteiger partial charge in [0.05, 0.1) is 0 Å². The van der Waals surface area contributed by atoms with Crippen LogP contribution in [-0.4, -0.2) is 14.5 Å². The molecule has 0 spiro atoms. The summed E-state index contributed by atoms with van der Waals surface area (Å²) < 4.78 is 3.06. The van der Waals surface area contributed by atoms with E-state index in [4.69, 9.17) is 0 Å². The standard InChI is InChI=1S/C18H16Se/c1-13-14(2)18(16-11-7-4-8-12-16)19-17(13)15-9-5-3-6-10-15/h3-12H,1-2H3. The zero-order valence-electron chi connectivity index (χ0n) is 11.2. The Balaban J connectivity index is 2.16. The van der Waals surface area contributed by atoms with Gasteiger partial charge in [0, 0.05) is 0 Å². The second-order valence-electron chi connectivity index (χ2n) is 4.74. The van der Waals surface area contributed by atoms with Crippen molar-refractivity contribution in [1.29, 1.82) is 0 Å². The molecular formula is C18H16Se. The molecule has 0 atom stereocenters. The van der Waals surface area contributed by atoms with Gasteiger partial charge in [0.15, 0.2) is 0 Å². The van der Waals surface area contributed by atoms with Crippen LogP contribution in [0.15, 0.2) is 60.7 Å². The first-order chi connectivity index (χ1) is 9.27. The van der Waals surface area contributed by atoms with Crippen molar-refractivity contribution in [2.24, 2.45) is 0 Å². The summed E-state index contributed by atoms with van der Waals surface area (Å²) in [5.41, 5.74) is 5.69. The van der Waals surface area contributed by atoms with E-state index in [1.165, 1.54) is 31.1 Å². The summed E-state index contributed by atoms with van der Waals surface area (Å²) in [4.78, 5) is 0. The second kappa shape index (κ2) is 5.20. The molecule has 1 heterocycles. The third-order valence-electron chi connectivity index (χ3n) is 3.52. The topological polar surface area (TPSA) is 0 Å². The van der Waals surface area contributed by atoms with E-state index in [-0.39, 0.29) is 0 Å². The molecular weight excluding hydrogens is 295 g/mol. The molecule has 0 aliphatic heterocycles. The van der Waals surface area contributed by atoms with E-state index in [9.17, 15) is 0 Å². The molecule has 19 heavy (non-hydrogen) atoms. The van der Waals surface area contributed by atoms with Gasteiger partial charge in [-0.05, 0) is 0 Å². The summed E-state index contributed by atoms with van der Waals surface area (Å²) >= 11 is 0.414. The predicted octanol–water partition coefficient (Wildman–Crippen LogP) is 4.69. The van der Waals surface area contributed by atoms with Gasteiger partial charge >= 0.3 is 120 Å². The van der Waals surface area contributed by atoms with Crippen LogP contribution in [0.25, 0.3) is 20.0 Å². The first-order valence-corrected chi connectivity index (χ1v) is 8.19. The van der Waals surface area contributed by atoms with Crippen LogP contribution in [0.3, 0.4) is 0 Å². The quantitative estimate of drug-likeness (QED) is 0.602. The molecule has 0 nitrogen and oxygen atoms in total. The molecule has 1 aromatic heterocycles. The normalized spacial score (nSPS) is 10.6. The Morgan fingerprint density at radius 3 is 1.32 bits per heavy atom. The number of benzene rings is 2. The molecule has 0 bridgehead atoms. The predicted molar refractivity (Wildman–Crippen MR) is 83.7 cm³/mol. The van der Waals surface area contributed by atoms with Crippen LogP contribution in [0.1, 0.15) is 11.1 Å². The van der Waals surface area contributed by atoms with E-state index < -0.39 is 0 Å². The number of hydrogen-bond acceptors (Lipinski definition) is 0. The molecule has 0 radical (unpaired) electrons. The van der Waals surface area contributed by atoms with E-state index in [2.05, 4.69) is 74.5 Å². The van der Waals surface area contributed by atoms with Crippen molar-refractivity contribution in [3.8, 4) is 20.0 Å². The van der Waals surface area contributed by atoms with Gasteiger partial charge in [-0.15, -0.1) is 0 Å². The van der Waals surface area contributed by atoms with Gasteiger partial charge in [0.1, 0.15) is 0 Å². The van der Waals surface area contributed by atoms with Crippen LogP contribution in [0, 0.1) is 13.8 Å². The molecule has 0 saturated carbocycles. The van der Waals surface area contributed by atoms with E-state index in [1.807, 2.05) is 0 Å². The molecule has 3 aromatic rings. The maximum atomic E-state index is 2.26. The third kappa shape index (κ3) is 2.32. The first-order valence-electron chi connectivity index (χ1n) is 6.48. The fraction of sp³-hybridized carbons (Fsp3) is 0.111. The van der Waals surface area contributed by atoms with Gasteiger partial charge in [-0.2, -0.15) is 0 Å². The van der Waals surface area contributed by atoms with Crippen LogP contribution in [0.2, 0.25) is 0 Å². The summed E-state index contributed by atoms with van der Waals surface area (Å²) in [6.07, 6.45) is 0. The van der Waals surface area contributed by atoms with Crippen LogP contribution in [0.5, 0.6) is 0 Å². The van der Waals surface area contributed by atoms with E-state index in [0.29, 0.717) is 14.5 Å². The molecule has 0 saturated heterocycles. The summed E-state index contributed by atoms with van der Waals surface area (Å²) in [7, 11) is 0. The average Bonchev–Trinajstić information content (AvgIpc) is 2.77. The van der Waals surface area contributed by atoms with Crippen molar-refractivity contribution < 1.29 is 0 Å². The molecule has 3 rings (SSSR count). The monoisotopic (exact) mass is 312 g/mol. The third-order valence-corrected chi connectivity index (χ3v) is 6.65. The van der Waals surface area contributed by atoms with Gasteiger partial charge in [-0.25, -0.2) is 0 Å². The Kier molecular flexibility index (Phi) is 3.42. The Labute approximate surface area is 120 Å². The Bertz CT molecular complexity index is 618. The van der Waals surface area contributed by atoms with Gasteiger partial charge in [-0.1, -0.05) is 0 Å². The molecule has 0 N–H and O–H groups in total. The molecule has 0 unspecified atom stereocenters. The minimum atomic E-state index is 0.414. The summed E-state index contributed by atoms with van der Waals surface area (Å²) in [6.45, 7) is 4.52. The summed E-state index contributed by atoms with van der Waals surface area (Å²) in [5.74, 6) is 0. The fourth-order valence-electron chi connectivity index (χ4n) is 2.33. The molecule has 94 valence electrons. The van der Waals surface area contributed by atoms with Crippen molar-refractivity contribution in [3.63, 3.8) is 0 Å². The van der Waals surface area contributed by atoms with E-state index in [0.717, 1.165) is 0 Å². The van der Waals surface area contributed by atoms with Crippen molar-refractivity contribution in [3.05, 3.63) is 71.8 Å². The summed E-state index contributed by atoms with van der Waals surface area (Å²) in [6, 6.07) is 21.6. The zero-order chi connectivity index (χ0) is 13.2. The Hall–Kier alpha value is -1.56. The molecule has 0 fully saturated rings. The van der Waals surface area contributed by atoms with E-state index in [1.54, 1.807) is 0 Å². The Morgan fingerprint density at radius 1 is 0.579 bits per heavy atom. The SMILES string of the molecule is Cc1c(-c2ccccc2)[se]c(-c2ccccc2)c1C. The fourth-order valence-corrected chi connectivity index (χ4v) is 5.10. The number of rotatable bonds is 2.